The van der Waals surface area contributed by atoms with E-state index in [1.807, 2.05) is 0 Å². The van der Waals surface area contributed by atoms with Gasteiger partial charge in [-0.1, -0.05) is 6.07 Å². The molecule has 2 rings (SSSR count). The minimum atomic E-state index is -0.569. The maximum absolute atomic E-state index is 13.7. The number of benzene rings is 1. The Morgan fingerprint density at radius 3 is 2.55 bits per heavy atom. The molecule has 0 spiro atoms. The average Bonchev–Trinajstić information content (AvgIpc) is 2.84. The zero-order valence-electron chi connectivity index (χ0n) is 12.1. The maximum Gasteiger partial charge on any atom is 0.220 e. The van der Waals surface area contributed by atoms with Crippen molar-refractivity contribution in [1.29, 1.82) is 0 Å². The average molecular weight is 356 g/mol. The lowest BCUT2D eigenvalue weighted by molar-refractivity contribution is -0.121. The SMILES string of the molecule is Cl.Cl.NCCCC(=O)NC1CCN(c2c(F)cccc2F)C1. The Kier molecular flexibility index (Phi) is 9.32. The van der Waals surface area contributed by atoms with Gasteiger partial charge in [0.1, 0.15) is 17.3 Å². The van der Waals surface area contributed by atoms with E-state index in [4.69, 9.17) is 5.73 Å². The Hall–Kier alpha value is -1.11. The second-order valence-corrected chi connectivity index (χ2v) is 4.96. The molecule has 0 radical (unpaired) electrons. The standard InChI is InChI=1S/C14H19F2N3O.2ClH/c15-11-3-1-4-12(16)14(11)19-8-6-10(9-19)18-13(20)5-2-7-17;;/h1,3-4,10H,2,5-9,17H2,(H,18,20);2*1H. The number of hydrogen-bond acceptors (Lipinski definition) is 3. The summed E-state index contributed by atoms with van der Waals surface area (Å²) in [6.45, 7) is 1.43. The Morgan fingerprint density at radius 2 is 1.95 bits per heavy atom. The fraction of sp³-hybridized carbons (Fsp3) is 0.500. The van der Waals surface area contributed by atoms with E-state index in [0.29, 0.717) is 38.9 Å². The van der Waals surface area contributed by atoms with E-state index in [1.54, 1.807) is 4.90 Å². The molecule has 1 unspecified atom stereocenters. The zero-order chi connectivity index (χ0) is 14.5. The summed E-state index contributed by atoms with van der Waals surface area (Å²) in [7, 11) is 0. The fourth-order valence-electron chi connectivity index (χ4n) is 2.43. The molecule has 0 aliphatic carbocycles. The van der Waals surface area contributed by atoms with Crippen LogP contribution in [0, 0.1) is 11.6 Å². The molecule has 1 aromatic rings. The molecule has 1 saturated heterocycles. The van der Waals surface area contributed by atoms with E-state index >= 15 is 0 Å². The third kappa shape index (κ3) is 5.26. The number of anilines is 1. The van der Waals surface area contributed by atoms with Crippen LogP contribution in [0.4, 0.5) is 14.5 Å². The van der Waals surface area contributed by atoms with Crippen LogP contribution in [0.1, 0.15) is 19.3 Å². The summed E-state index contributed by atoms with van der Waals surface area (Å²) in [6.07, 6.45) is 1.72. The van der Waals surface area contributed by atoms with Crippen molar-refractivity contribution < 1.29 is 13.6 Å². The molecule has 22 heavy (non-hydrogen) atoms. The van der Waals surface area contributed by atoms with Crippen molar-refractivity contribution >= 4 is 36.4 Å². The molecular formula is C14H21Cl2F2N3O. The van der Waals surface area contributed by atoms with Crippen LogP contribution in [0.2, 0.25) is 0 Å². The van der Waals surface area contributed by atoms with Gasteiger partial charge in [0.05, 0.1) is 0 Å². The van der Waals surface area contributed by atoms with Gasteiger partial charge in [0.25, 0.3) is 0 Å². The number of carbonyl (C=O) groups is 1. The largest absolute Gasteiger partial charge is 0.365 e. The van der Waals surface area contributed by atoms with Gasteiger partial charge in [0.15, 0.2) is 0 Å². The lowest BCUT2D eigenvalue weighted by Gasteiger charge is -2.20. The van der Waals surface area contributed by atoms with Gasteiger partial charge in [0.2, 0.25) is 5.91 Å². The Bertz CT molecular complexity index is 471. The molecule has 1 aliphatic heterocycles. The summed E-state index contributed by atoms with van der Waals surface area (Å²) in [6, 6.07) is 3.76. The molecule has 1 aliphatic rings. The molecule has 1 heterocycles. The van der Waals surface area contributed by atoms with Crippen molar-refractivity contribution in [2.24, 2.45) is 5.73 Å². The molecule has 126 valence electrons. The third-order valence-corrected chi connectivity index (χ3v) is 3.42. The normalized spacial score (nSPS) is 16.7. The van der Waals surface area contributed by atoms with E-state index in [-0.39, 0.29) is 42.5 Å². The topological polar surface area (TPSA) is 58.4 Å². The lowest BCUT2D eigenvalue weighted by atomic mass is 10.2. The molecule has 0 saturated carbocycles. The van der Waals surface area contributed by atoms with E-state index in [0.717, 1.165) is 0 Å². The summed E-state index contributed by atoms with van der Waals surface area (Å²) in [4.78, 5) is 13.2. The number of carbonyl (C=O) groups excluding carboxylic acids is 1. The number of para-hydroxylation sites is 1. The zero-order valence-corrected chi connectivity index (χ0v) is 13.7. The quantitative estimate of drug-likeness (QED) is 0.851. The number of amides is 1. The smallest absolute Gasteiger partial charge is 0.220 e. The molecular weight excluding hydrogens is 335 g/mol. The number of nitrogens with one attached hydrogen (secondary N) is 1. The number of nitrogens with two attached hydrogens (primary N) is 1. The summed E-state index contributed by atoms with van der Waals surface area (Å²) in [5.41, 5.74) is 5.34. The summed E-state index contributed by atoms with van der Waals surface area (Å²) < 4.78 is 27.4. The molecule has 0 bridgehead atoms. The van der Waals surface area contributed by atoms with Crippen LogP contribution in [-0.2, 0) is 4.79 Å². The highest BCUT2D eigenvalue weighted by Crippen LogP contribution is 2.26. The van der Waals surface area contributed by atoms with Crippen LogP contribution >= 0.6 is 24.8 Å². The van der Waals surface area contributed by atoms with Crippen molar-refractivity contribution in [2.45, 2.75) is 25.3 Å². The summed E-state index contributed by atoms with van der Waals surface area (Å²) in [5, 5.41) is 2.87. The van der Waals surface area contributed by atoms with Gasteiger partial charge in [-0.05, 0) is 31.5 Å². The molecule has 3 N–H and O–H groups in total. The van der Waals surface area contributed by atoms with Crippen LogP contribution in [0.5, 0.6) is 0 Å². The van der Waals surface area contributed by atoms with Gasteiger partial charge < -0.3 is 16.0 Å². The predicted molar refractivity (Wildman–Crippen MR) is 87.9 cm³/mol. The molecule has 1 amide bonds. The van der Waals surface area contributed by atoms with E-state index < -0.39 is 11.6 Å². The van der Waals surface area contributed by atoms with Crippen LogP contribution in [0.25, 0.3) is 0 Å². The van der Waals surface area contributed by atoms with E-state index in [1.165, 1.54) is 18.2 Å². The molecule has 0 aromatic heterocycles. The fourth-order valence-corrected chi connectivity index (χ4v) is 2.43. The highest BCUT2D eigenvalue weighted by atomic mass is 35.5. The highest BCUT2D eigenvalue weighted by molar-refractivity contribution is 5.85. The Balaban J connectivity index is 0.00000220. The van der Waals surface area contributed by atoms with Crippen LogP contribution in [0.3, 0.4) is 0 Å². The minimum Gasteiger partial charge on any atom is -0.365 e. The summed E-state index contributed by atoms with van der Waals surface area (Å²) >= 11 is 0. The number of hydrogen-bond donors (Lipinski definition) is 2. The predicted octanol–water partition coefficient (Wildman–Crippen LogP) is 2.24. The van der Waals surface area contributed by atoms with Gasteiger partial charge in [-0.25, -0.2) is 8.78 Å². The van der Waals surface area contributed by atoms with Gasteiger partial charge in [0, 0.05) is 25.6 Å². The second kappa shape index (κ2) is 9.82. The second-order valence-electron chi connectivity index (χ2n) is 4.96. The first-order chi connectivity index (χ1) is 9.61. The third-order valence-electron chi connectivity index (χ3n) is 3.42. The van der Waals surface area contributed by atoms with Gasteiger partial charge in [-0.2, -0.15) is 0 Å². The Labute approximate surface area is 141 Å². The van der Waals surface area contributed by atoms with E-state index in [2.05, 4.69) is 5.32 Å². The van der Waals surface area contributed by atoms with Crippen LogP contribution in [0.15, 0.2) is 18.2 Å². The molecule has 8 heteroatoms. The van der Waals surface area contributed by atoms with Crippen LogP contribution in [-0.4, -0.2) is 31.6 Å². The minimum absolute atomic E-state index is 0. The van der Waals surface area contributed by atoms with Crippen molar-refractivity contribution in [3.05, 3.63) is 29.8 Å². The first-order valence-corrected chi connectivity index (χ1v) is 6.80. The van der Waals surface area contributed by atoms with Crippen molar-refractivity contribution in [1.82, 2.24) is 5.32 Å². The van der Waals surface area contributed by atoms with Gasteiger partial charge >= 0.3 is 0 Å². The van der Waals surface area contributed by atoms with Gasteiger partial charge in [-0.15, -0.1) is 24.8 Å². The molecule has 1 atom stereocenters. The number of rotatable bonds is 5. The van der Waals surface area contributed by atoms with Crippen molar-refractivity contribution in [3.8, 4) is 0 Å². The first kappa shape index (κ1) is 20.9. The maximum atomic E-state index is 13.7. The first-order valence-electron chi connectivity index (χ1n) is 6.80. The number of halogens is 4. The van der Waals surface area contributed by atoms with Crippen LogP contribution < -0.4 is 16.0 Å². The van der Waals surface area contributed by atoms with Crippen molar-refractivity contribution in [3.63, 3.8) is 0 Å². The van der Waals surface area contributed by atoms with Crippen molar-refractivity contribution in [2.75, 3.05) is 24.5 Å². The summed E-state index contributed by atoms with van der Waals surface area (Å²) in [5.74, 6) is -1.20. The number of nitrogens with zero attached hydrogens (tertiary/aromatic N) is 1. The molecule has 4 nitrogen and oxygen atoms in total. The van der Waals surface area contributed by atoms with E-state index in [9.17, 15) is 13.6 Å². The Morgan fingerprint density at radius 1 is 1.32 bits per heavy atom. The monoisotopic (exact) mass is 355 g/mol. The molecule has 1 aromatic carbocycles. The van der Waals surface area contributed by atoms with Gasteiger partial charge in [-0.3, -0.25) is 4.79 Å². The lowest BCUT2D eigenvalue weighted by Crippen LogP contribution is -2.37. The highest BCUT2D eigenvalue weighted by Gasteiger charge is 2.27. The molecule has 1 fully saturated rings.